The third kappa shape index (κ3) is 4.11. The summed E-state index contributed by atoms with van der Waals surface area (Å²) in [6.45, 7) is 11.5. The van der Waals surface area contributed by atoms with Gasteiger partial charge in [-0.15, -0.1) is 0 Å². The number of furan rings is 1. The van der Waals surface area contributed by atoms with E-state index >= 15 is 0 Å². The van der Waals surface area contributed by atoms with E-state index in [1.165, 1.54) is 19.3 Å². The van der Waals surface area contributed by atoms with Crippen LogP contribution in [0.2, 0.25) is 0 Å². The smallest absolute Gasteiger partial charge is 0.121 e. The van der Waals surface area contributed by atoms with Gasteiger partial charge < -0.3 is 9.73 Å². The number of nitrogens with one attached hydrogen (secondary N) is 1. The van der Waals surface area contributed by atoms with Gasteiger partial charge in [-0.2, -0.15) is 0 Å². The second-order valence-electron chi connectivity index (χ2n) is 7.46. The molecule has 1 aliphatic rings. The molecule has 20 heavy (non-hydrogen) atoms. The lowest BCUT2D eigenvalue weighted by atomic mass is 9.66. The largest absolute Gasteiger partial charge is 0.468 e. The first-order valence-corrected chi connectivity index (χ1v) is 8.62. The Balaban J connectivity index is 2.07. The van der Waals surface area contributed by atoms with Crippen LogP contribution in [0, 0.1) is 17.3 Å². The molecule has 0 radical (unpaired) electrons. The van der Waals surface area contributed by atoms with Gasteiger partial charge in [-0.1, -0.05) is 27.7 Å². The SMILES string of the molecule is CC(C)CNCC1CCC(C)(C)CC1c1occc1Br. The van der Waals surface area contributed by atoms with E-state index in [4.69, 9.17) is 4.42 Å². The molecule has 1 aromatic rings. The fraction of sp³-hybridized carbons (Fsp3) is 0.765. The summed E-state index contributed by atoms with van der Waals surface area (Å²) in [5, 5.41) is 3.64. The molecule has 114 valence electrons. The van der Waals surface area contributed by atoms with Gasteiger partial charge in [-0.05, 0) is 71.6 Å². The van der Waals surface area contributed by atoms with Gasteiger partial charge in [-0.25, -0.2) is 0 Å². The van der Waals surface area contributed by atoms with Gasteiger partial charge in [0, 0.05) is 5.92 Å². The molecule has 1 heterocycles. The molecular formula is C17H28BrNO. The summed E-state index contributed by atoms with van der Waals surface area (Å²) in [5.41, 5.74) is 0.422. The van der Waals surface area contributed by atoms with Crippen molar-refractivity contribution in [3.63, 3.8) is 0 Å². The summed E-state index contributed by atoms with van der Waals surface area (Å²) in [7, 11) is 0. The lowest BCUT2D eigenvalue weighted by molar-refractivity contribution is 0.145. The van der Waals surface area contributed by atoms with Crippen LogP contribution < -0.4 is 5.32 Å². The summed E-state index contributed by atoms with van der Waals surface area (Å²) in [6.07, 6.45) is 5.62. The van der Waals surface area contributed by atoms with E-state index in [1.807, 2.05) is 6.07 Å². The van der Waals surface area contributed by atoms with Crippen LogP contribution in [-0.2, 0) is 0 Å². The van der Waals surface area contributed by atoms with Crippen molar-refractivity contribution >= 4 is 15.9 Å². The Hall–Kier alpha value is -0.280. The second kappa shape index (κ2) is 6.65. The Kier molecular flexibility index (Phi) is 5.36. The minimum atomic E-state index is 0.422. The zero-order chi connectivity index (χ0) is 14.8. The first-order valence-electron chi connectivity index (χ1n) is 7.82. The molecule has 0 spiro atoms. The number of halogens is 1. The molecule has 2 rings (SSSR count). The van der Waals surface area contributed by atoms with E-state index in [0.29, 0.717) is 23.2 Å². The molecule has 1 N–H and O–H groups in total. The van der Waals surface area contributed by atoms with Crippen LogP contribution >= 0.6 is 15.9 Å². The van der Waals surface area contributed by atoms with Crippen molar-refractivity contribution in [2.24, 2.45) is 17.3 Å². The second-order valence-corrected chi connectivity index (χ2v) is 8.31. The molecule has 1 saturated carbocycles. The first-order chi connectivity index (χ1) is 9.39. The molecular weight excluding hydrogens is 314 g/mol. The normalized spacial score (nSPS) is 26.1. The molecule has 0 aliphatic heterocycles. The van der Waals surface area contributed by atoms with Crippen molar-refractivity contribution in [1.29, 1.82) is 0 Å². The molecule has 0 bridgehead atoms. The van der Waals surface area contributed by atoms with Crippen molar-refractivity contribution < 1.29 is 4.42 Å². The van der Waals surface area contributed by atoms with Crippen molar-refractivity contribution in [2.45, 2.75) is 52.9 Å². The lowest BCUT2D eigenvalue weighted by Crippen LogP contribution is -2.35. The highest BCUT2D eigenvalue weighted by Gasteiger charge is 2.37. The maximum absolute atomic E-state index is 5.78. The van der Waals surface area contributed by atoms with Crippen molar-refractivity contribution in [1.82, 2.24) is 5.32 Å². The lowest BCUT2D eigenvalue weighted by Gasteiger charge is -2.40. The highest BCUT2D eigenvalue weighted by atomic mass is 79.9. The Morgan fingerprint density at radius 1 is 1.45 bits per heavy atom. The summed E-state index contributed by atoms with van der Waals surface area (Å²) >= 11 is 3.64. The Morgan fingerprint density at radius 3 is 2.80 bits per heavy atom. The van der Waals surface area contributed by atoms with Gasteiger partial charge in [-0.3, -0.25) is 0 Å². The predicted octanol–water partition coefficient (Wildman–Crippen LogP) is 5.20. The third-order valence-corrected chi connectivity index (χ3v) is 5.13. The van der Waals surface area contributed by atoms with Gasteiger partial charge in [0.2, 0.25) is 0 Å². The maximum Gasteiger partial charge on any atom is 0.121 e. The summed E-state index contributed by atoms with van der Waals surface area (Å²) in [4.78, 5) is 0. The minimum absolute atomic E-state index is 0.422. The zero-order valence-corrected chi connectivity index (χ0v) is 14.8. The van der Waals surface area contributed by atoms with Gasteiger partial charge in [0.25, 0.3) is 0 Å². The highest BCUT2D eigenvalue weighted by molar-refractivity contribution is 9.10. The zero-order valence-electron chi connectivity index (χ0n) is 13.2. The fourth-order valence-electron chi connectivity index (χ4n) is 3.32. The molecule has 1 aliphatic carbocycles. The summed E-state index contributed by atoms with van der Waals surface area (Å²) in [5.74, 6) is 3.07. The maximum atomic E-state index is 5.78. The average molecular weight is 342 g/mol. The van der Waals surface area contributed by atoms with Crippen molar-refractivity contribution in [3.8, 4) is 0 Å². The monoisotopic (exact) mass is 341 g/mol. The van der Waals surface area contributed by atoms with E-state index in [9.17, 15) is 0 Å². The van der Waals surface area contributed by atoms with E-state index < -0.39 is 0 Å². The van der Waals surface area contributed by atoms with Crippen LogP contribution in [0.15, 0.2) is 21.2 Å². The van der Waals surface area contributed by atoms with Gasteiger partial charge in [0.05, 0.1) is 10.7 Å². The van der Waals surface area contributed by atoms with Crippen LogP contribution in [0.25, 0.3) is 0 Å². The van der Waals surface area contributed by atoms with Crippen LogP contribution in [0.3, 0.4) is 0 Å². The molecule has 2 unspecified atom stereocenters. The molecule has 2 atom stereocenters. The topological polar surface area (TPSA) is 25.2 Å². The molecule has 0 aromatic carbocycles. The average Bonchev–Trinajstić information content (AvgIpc) is 2.76. The number of hydrogen-bond donors (Lipinski definition) is 1. The van der Waals surface area contributed by atoms with E-state index in [0.717, 1.165) is 23.3 Å². The van der Waals surface area contributed by atoms with Crippen molar-refractivity contribution in [2.75, 3.05) is 13.1 Å². The van der Waals surface area contributed by atoms with Gasteiger partial charge in [0.1, 0.15) is 5.76 Å². The third-order valence-electron chi connectivity index (χ3n) is 4.47. The predicted molar refractivity (Wildman–Crippen MR) is 88.0 cm³/mol. The summed E-state index contributed by atoms with van der Waals surface area (Å²) in [6, 6.07) is 2.02. The standard InChI is InChI=1S/C17H28BrNO/c1-12(2)10-19-11-13-5-7-17(3,4)9-14(13)16-15(18)6-8-20-16/h6,8,12-14,19H,5,7,9-11H2,1-4H3. The Labute approximate surface area is 131 Å². The highest BCUT2D eigenvalue weighted by Crippen LogP contribution is 2.48. The van der Waals surface area contributed by atoms with Crippen LogP contribution in [0.1, 0.15) is 58.6 Å². The van der Waals surface area contributed by atoms with Gasteiger partial charge in [0.15, 0.2) is 0 Å². The van der Waals surface area contributed by atoms with Crippen LogP contribution in [-0.4, -0.2) is 13.1 Å². The number of rotatable bonds is 5. The number of hydrogen-bond acceptors (Lipinski definition) is 2. The van der Waals surface area contributed by atoms with Crippen LogP contribution in [0.5, 0.6) is 0 Å². The Bertz CT molecular complexity index is 424. The molecule has 0 saturated heterocycles. The quantitative estimate of drug-likeness (QED) is 0.796. The van der Waals surface area contributed by atoms with E-state index in [1.54, 1.807) is 6.26 Å². The Morgan fingerprint density at radius 2 is 2.20 bits per heavy atom. The van der Waals surface area contributed by atoms with Crippen LogP contribution in [0.4, 0.5) is 0 Å². The minimum Gasteiger partial charge on any atom is -0.468 e. The molecule has 1 aromatic heterocycles. The van der Waals surface area contributed by atoms with Gasteiger partial charge >= 0.3 is 0 Å². The molecule has 0 amide bonds. The molecule has 2 nitrogen and oxygen atoms in total. The molecule has 1 fully saturated rings. The van der Waals surface area contributed by atoms with E-state index in [-0.39, 0.29) is 0 Å². The van der Waals surface area contributed by atoms with Crippen molar-refractivity contribution in [3.05, 3.63) is 22.6 Å². The first kappa shape index (κ1) is 16.1. The summed E-state index contributed by atoms with van der Waals surface area (Å²) < 4.78 is 6.91. The van der Waals surface area contributed by atoms with E-state index in [2.05, 4.69) is 48.9 Å². The molecule has 3 heteroatoms. The fourth-order valence-corrected chi connectivity index (χ4v) is 3.82.